The van der Waals surface area contributed by atoms with Crippen molar-refractivity contribution in [1.29, 1.82) is 0 Å². The number of carbonyl (C=O) groups is 1. The van der Waals surface area contributed by atoms with Crippen LogP contribution in [0.1, 0.15) is 53.9 Å². The van der Waals surface area contributed by atoms with Crippen LogP contribution in [0.25, 0.3) is 11.2 Å². The van der Waals surface area contributed by atoms with Crippen LogP contribution < -0.4 is 25.2 Å². The second-order valence-electron chi connectivity index (χ2n) is 16.3. The number of amides is 1. The average molecular weight is 854 g/mol. The number of rotatable bonds is 16. The van der Waals surface area contributed by atoms with Gasteiger partial charge in [0.2, 0.25) is 0 Å². The van der Waals surface area contributed by atoms with Crippen LogP contribution in [0.15, 0.2) is 183 Å². The van der Waals surface area contributed by atoms with E-state index in [9.17, 15) is 4.79 Å². The van der Waals surface area contributed by atoms with Crippen molar-refractivity contribution in [2.24, 2.45) is 0 Å². The van der Waals surface area contributed by atoms with Crippen LogP contribution >= 0.6 is 0 Å². The Morgan fingerprint density at radius 1 is 0.619 bits per heavy atom. The molecule has 1 unspecified atom stereocenters. The second-order valence-corrected chi connectivity index (χ2v) is 20.6. The highest BCUT2D eigenvalue weighted by Gasteiger charge is 2.51. The first-order valence-electron chi connectivity index (χ1n) is 21.0. The number of aromatic nitrogens is 4. The Labute approximate surface area is 369 Å². The zero-order chi connectivity index (χ0) is 43.9. The van der Waals surface area contributed by atoms with E-state index in [2.05, 4.69) is 91.7 Å². The minimum atomic E-state index is -3.06. The van der Waals surface area contributed by atoms with Gasteiger partial charge in [0.05, 0.1) is 39.8 Å². The fourth-order valence-electron chi connectivity index (χ4n) is 8.47. The third-order valence-corrected chi connectivity index (χ3v) is 16.6. The van der Waals surface area contributed by atoms with Crippen molar-refractivity contribution in [3.05, 3.63) is 205 Å². The van der Waals surface area contributed by atoms with Crippen molar-refractivity contribution in [1.82, 2.24) is 19.5 Å². The topological polar surface area (TPSA) is 110 Å². The number of anilines is 1. The van der Waals surface area contributed by atoms with E-state index in [-0.39, 0.29) is 24.2 Å². The number of nitrogens with zero attached hydrogens (tertiary/aromatic N) is 4. The Morgan fingerprint density at radius 2 is 1.11 bits per heavy atom. The van der Waals surface area contributed by atoms with Crippen molar-refractivity contribution >= 4 is 41.6 Å². The Morgan fingerprint density at radius 3 is 1.62 bits per heavy atom. The Bertz CT molecular complexity index is 2640. The lowest BCUT2D eigenvalue weighted by Gasteiger charge is -2.44. The highest BCUT2D eigenvalue weighted by Crippen LogP contribution is 2.43. The number of benzene rings is 6. The van der Waals surface area contributed by atoms with Crippen LogP contribution in [-0.2, 0) is 14.8 Å². The lowest BCUT2D eigenvalue weighted by Crippen LogP contribution is -2.67. The summed E-state index contributed by atoms with van der Waals surface area (Å²) in [6.45, 7) is 7.16. The maximum absolute atomic E-state index is 13.4. The molecule has 8 rings (SSSR count). The monoisotopic (exact) mass is 853 g/mol. The van der Waals surface area contributed by atoms with Gasteiger partial charge < -0.3 is 28.5 Å². The molecule has 0 bridgehead atoms. The van der Waals surface area contributed by atoms with E-state index < -0.39 is 20.0 Å². The van der Waals surface area contributed by atoms with Crippen molar-refractivity contribution in [3.63, 3.8) is 0 Å². The molecule has 0 saturated carbocycles. The van der Waals surface area contributed by atoms with Crippen LogP contribution in [0, 0.1) is 0 Å². The fraction of sp³-hybridized carbons (Fsp3) is 0.192. The first-order chi connectivity index (χ1) is 30.7. The normalized spacial score (nSPS) is 12.5. The van der Waals surface area contributed by atoms with E-state index in [1.807, 2.05) is 102 Å². The lowest BCUT2D eigenvalue weighted by atomic mass is 9.80. The number of carbonyl (C=O) groups excluding carboxylic acids is 1. The summed E-state index contributed by atoms with van der Waals surface area (Å²) >= 11 is 0. The lowest BCUT2D eigenvalue weighted by molar-refractivity contribution is -0.0133. The van der Waals surface area contributed by atoms with Crippen LogP contribution in [-0.4, -0.2) is 61.2 Å². The van der Waals surface area contributed by atoms with Crippen molar-refractivity contribution in [3.8, 4) is 11.5 Å². The second kappa shape index (κ2) is 18.6. The van der Waals surface area contributed by atoms with Gasteiger partial charge in [-0.2, -0.15) is 0 Å². The van der Waals surface area contributed by atoms with Crippen LogP contribution in [0.2, 0.25) is 5.04 Å². The van der Waals surface area contributed by atoms with Gasteiger partial charge >= 0.3 is 0 Å². The molecule has 0 radical (unpaired) electrons. The van der Waals surface area contributed by atoms with Gasteiger partial charge in [0.1, 0.15) is 23.4 Å². The number of methoxy groups -OCH3 is 2. The number of imidazole rings is 1. The van der Waals surface area contributed by atoms with E-state index in [4.69, 9.17) is 28.6 Å². The largest absolute Gasteiger partial charge is 0.497 e. The summed E-state index contributed by atoms with van der Waals surface area (Å²) < 4.78 is 28.5. The highest BCUT2D eigenvalue weighted by atomic mass is 28.4. The van der Waals surface area contributed by atoms with E-state index in [1.54, 1.807) is 32.7 Å². The molecular formula is C52H51N5O5Si. The standard InChI is InChI=1S/C52H51N5O5Si/c1-51(2,3)63(45-22-14-8-15-23-45,46-24-16-9-17-25-46)62-35-42(57-37-55-47-48(53-36-54-49(47)57)56-50(58)38-18-10-6-11-19-38)34-61-52(39-20-12-7-13-21-39,40-26-30-43(59-4)31-27-40)41-28-32-44(60-5)33-29-41/h6-33,36-37,42H,34-35H2,1-5H3,(H,53,54,56,58). The molecule has 0 fully saturated rings. The van der Waals surface area contributed by atoms with E-state index >= 15 is 0 Å². The van der Waals surface area contributed by atoms with E-state index in [0.29, 0.717) is 22.5 Å². The first-order valence-corrected chi connectivity index (χ1v) is 22.9. The van der Waals surface area contributed by atoms with Gasteiger partial charge in [-0.05, 0) is 68.5 Å². The van der Waals surface area contributed by atoms with Crippen molar-refractivity contribution in [2.75, 3.05) is 32.8 Å². The molecule has 1 amide bonds. The first kappa shape index (κ1) is 42.8. The number of ether oxygens (including phenoxy) is 3. The zero-order valence-corrected chi connectivity index (χ0v) is 37.1. The fourth-order valence-corrected chi connectivity index (χ4v) is 13.1. The summed E-state index contributed by atoms with van der Waals surface area (Å²) in [6, 6.07) is 55.9. The third-order valence-electron chi connectivity index (χ3n) is 11.6. The van der Waals surface area contributed by atoms with Gasteiger partial charge in [0.15, 0.2) is 17.0 Å². The Hall–Kier alpha value is -6.92. The highest BCUT2D eigenvalue weighted by molar-refractivity contribution is 6.99. The molecule has 8 aromatic rings. The molecule has 2 aromatic heterocycles. The minimum Gasteiger partial charge on any atom is -0.497 e. The summed E-state index contributed by atoms with van der Waals surface area (Å²) in [5.41, 5.74) is 3.07. The summed E-state index contributed by atoms with van der Waals surface area (Å²) in [5, 5.41) is 4.98. The number of nitrogens with one attached hydrogen (secondary N) is 1. The van der Waals surface area contributed by atoms with Crippen molar-refractivity contribution in [2.45, 2.75) is 37.5 Å². The zero-order valence-electron chi connectivity index (χ0n) is 36.1. The summed E-state index contributed by atoms with van der Waals surface area (Å²) in [4.78, 5) is 27.5. The quantitative estimate of drug-likeness (QED) is 0.0758. The molecule has 1 N–H and O–H groups in total. The van der Waals surface area contributed by atoms with E-state index in [0.717, 1.165) is 38.6 Å². The smallest absolute Gasteiger partial charge is 0.261 e. The Balaban J connectivity index is 1.29. The maximum atomic E-state index is 13.4. The SMILES string of the molecule is COc1ccc(C(OCC(CO[Si](c2ccccc2)(c2ccccc2)C(C)(C)C)n2cnc3c(NC(=O)c4ccccc4)ncnc32)(c2ccccc2)c2ccc(OC)cc2)cc1. The summed E-state index contributed by atoms with van der Waals surface area (Å²) in [5.74, 6) is 1.46. The van der Waals surface area contributed by atoms with Gasteiger partial charge in [0.25, 0.3) is 14.2 Å². The molecule has 2 heterocycles. The van der Waals surface area contributed by atoms with Gasteiger partial charge in [-0.25, -0.2) is 15.0 Å². The number of hydrogen-bond donors (Lipinski definition) is 1. The average Bonchev–Trinajstić information content (AvgIpc) is 3.77. The van der Waals surface area contributed by atoms with Crippen LogP contribution in [0.4, 0.5) is 5.82 Å². The minimum absolute atomic E-state index is 0.145. The molecule has 318 valence electrons. The number of fused-ring (bicyclic) bond motifs is 1. The van der Waals surface area contributed by atoms with Gasteiger partial charge in [-0.3, -0.25) is 4.79 Å². The van der Waals surface area contributed by atoms with Crippen LogP contribution in [0.5, 0.6) is 11.5 Å². The molecule has 10 nitrogen and oxygen atoms in total. The van der Waals surface area contributed by atoms with Crippen LogP contribution in [0.3, 0.4) is 0 Å². The molecule has 1 atom stereocenters. The molecule has 0 saturated heterocycles. The maximum Gasteiger partial charge on any atom is 0.261 e. The van der Waals surface area contributed by atoms with E-state index in [1.165, 1.54) is 6.33 Å². The molecule has 11 heteroatoms. The summed E-state index contributed by atoms with van der Waals surface area (Å²) in [7, 11) is 0.263. The molecule has 0 aliphatic heterocycles. The van der Waals surface area contributed by atoms with Gasteiger partial charge in [0, 0.05) is 5.56 Å². The Kier molecular flexibility index (Phi) is 12.6. The molecule has 0 aliphatic rings. The summed E-state index contributed by atoms with van der Waals surface area (Å²) in [6.07, 6.45) is 3.19. The van der Waals surface area contributed by atoms with Gasteiger partial charge in [-0.15, -0.1) is 0 Å². The molecule has 6 aromatic carbocycles. The molecular weight excluding hydrogens is 803 g/mol. The molecule has 63 heavy (non-hydrogen) atoms. The number of hydrogen-bond acceptors (Lipinski definition) is 8. The van der Waals surface area contributed by atoms with Crippen molar-refractivity contribution < 1.29 is 23.4 Å². The van der Waals surface area contributed by atoms with Gasteiger partial charge in [-0.1, -0.05) is 154 Å². The molecule has 0 aliphatic carbocycles. The predicted octanol–water partition coefficient (Wildman–Crippen LogP) is 9.22. The molecule has 0 spiro atoms. The predicted molar refractivity (Wildman–Crippen MR) is 251 cm³/mol. The third kappa shape index (κ3) is 8.50.